The molecule has 1 heterocycles. The third-order valence-corrected chi connectivity index (χ3v) is 6.11. The second-order valence-corrected chi connectivity index (χ2v) is 9.34. The van der Waals surface area contributed by atoms with Crippen LogP contribution in [0.4, 0.5) is 5.69 Å². The Labute approximate surface area is 168 Å². The molecule has 0 fully saturated rings. The van der Waals surface area contributed by atoms with Gasteiger partial charge in [0.25, 0.3) is 10.1 Å². The van der Waals surface area contributed by atoms with Crippen molar-refractivity contribution >= 4 is 21.5 Å². The summed E-state index contributed by atoms with van der Waals surface area (Å²) in [5, 5.41) is 0. The molecular formula is C23H28NO3S+. The molecule has 0 aromatic heterocycles. The Kier molecular flexibility index (Phi) is 6.16. The Hall–Kier alpha value is -2.24. The zero-order valence-electron chi connectivity index (χ0n) is 16.5. The van der Waals surface area contributed by atoms with Gasteiger partial charge < -0.3 is 0 Å². The highest BCUT2D eigenvalue weighted by atomic mass is 32.2. The maximum absolute atomic E-state index is 11.0. The third kappa shape index (κ3) is 4.78. The van der Waals surface area contributed by atoms with E-state index in [4.69, 9.17) is 4.55 Å². The molecule has 5 heteroatoms. The zero-order chi connectivity index (χ0) is 20.2. The van der Waals surface area contributed by atoms with Gasteiger partial charge >= 0.3 is 0 Å². The monoisotopic (exact) mass is 398 g/mol. The molecule has 0 saturated carbocycles. The molecule has 2 aromatic carbocycles. The first-order chi connectivity index (χ1) is 13.3. The van der Waals surface area contributed by atoms with E-state index < -0.39 is 10.1 Å². The average molecular weight is 399 g/mol. The van der Waals surface area contributed by atoms with Crippen molar-refractivity contribution in [3.05, 3.63) is 77.9 Å². The van der Waals surface area contributed by atoms with E-state index >= 15 is 0 Å². The molecule has 1 aliphatic rings. The van der Waals surface area contributed by atoms with Gasteiger partial charge in [0.2, 0.25) is 5.69 Å². The summed E-state index contributed by atoms with van der Waals surface area (Å²) in [6, 6.07) is 18.8. The molecule has 0 atom stereocenters. The Morgan fingerprint density at radius 3 is 2.39 bits per heavy atom. The molecule has 1 aliphatic heterocycles. The van der Waals surface area contributed by atoms with Gasteiger partial charge in [-0.05, 0) is 32.3 Å². The van der Waals surface area contributed by atoms with Gasteiger partial charge in [-0.25, -0.2) is 0 Å². The summed E-state index contributed by atoms with van der Waals surface area (Å²) < 4.78 is 33.3. The maximum atomic E-state index is 11.0. The number of fused-ring (bicyclic) bond motifs is 1. The van der Waals surface area contributed by atoms with Crippen molar-refractivity contribution in [3.8, 4) is 0 Å². The Morgan fingerprint density at radius 2 is 1.68 bits per heavy atom. The van der Waals surface area contributed by atoms with Crippen LogP contribution >= 0.6 is 0 Å². The number of allylic oxidation sites excluding steroid dienone is 2. The predicted molar refractivity (Wildman–Crippen MR) is 114 cm³/mol. The smallest absolute Gasteiger partial charge is 0.264 e. The highest BCUT2D eigenvalue weighted by molar-refractivity contribution is 7.85. The van der Waals surface area contributed by atoms with Crippen molar-refractivity contribution in [1.29, 1.82) is 0 Å². The van der Waals surface area contributed by atoms with Crippen LogP contribution in [0.15, 0.2) is 66.7 Å². The minimum atomic E-state index is -3.90. The van der Waals surface area contributed by atoms with E-state index in [-0.39, 0.29) is 11.2 Å². The zero-order valence-corrected chi connectivity index (χ0v) is 17.3. The first kappa shape index (κ1) is 20.5. The Bertz CT molecular complexity index is 990. The number of hydrogen-bond donors (Lipinski definition) is 1. The Balaban J connectivity index is 1.84. The molecule has 0 aliphatic carbocycles. The van der Waals surface area contributed by atoms with Gasteiger partial charge in [0, 0.05) is 24.1 Å². The molecule has 0 bridgehead atoms. The van der Waals surface area contributed by atoms with Crippen LogP contribution in [0.1, 0.15) is 37.8 Å². The van der Waals surface area contributed by atoms with Gasteiger partial charge in [0.05, 0.1) is 11.2 Å². The normalized spacial score (nSPS) is 16.0. The van der Waals surface area contributed by atoms with Gasteiger partial charge in [-0.15, -0.1) is 0 Å². The van der Waals surface area contributed by atoms with Crippen molar-refractivity contribution < 1.29 is 17.5 Å². The van der Waals surface area contributed by atoms with E-state index in [2.05, 4.69) is 60.9 Å². The van der Waals surface area contributed by atoms with Crippen molar-refractivity contribution in [2.75, 3.05) is 12.3 Å². The van der Waals surface area contributed by atoms with Crippen molar-refractivity contribution in [3.63, 3.8) is 0 Å². The molecule has 0 amide bonds. The van der Waals surface area contributed by atoms with Gasteiger partial charge in [0.1, 0.15) is 6.54 Å². The van der Waals surface area contributed by atoms with Crippen molar-refractivity contribution in [2.24, 2.45) is 0 Å². The molecule has 1 N–H and O–H groups in total. The lowest BCUT2D eigenvalue weighted by molar-refractivity contribution is -0.438. The van der Waals surface area contributed by atoms with Crippen molar-refractivity contribution in [1.82, 2.24) is 0 Å². The fourth-order valence-electron chi connectivity index (χ4n) is 3.86. The minimum Gasteiger partial charge on any atom is -0.286 e. The highest BCUT2D eigenvalue weighted by Crippen LogP contribution is 2.39. The fraction of sp³-hybridized carbons (Fsp3) is 0.348. The van der Waals surface area contributed by atoms with Gasteiger partial charge in [0.15, 0.2) is 5.71 Å². The molecular weight excluding hydrogens is 370 g/mol. The van der Waals surface area contributed by atoms with Crippen LogP contribution in [0.25, 0.3) is 0 Å². The van der Waals surface area contributed by atoms with Crippen LogP contribution < -0.4 is 0 Å². The summed E-state index contributed by atoms with van der Waals surface area (Å²) in [7, 11) is -3.90. The van der Waals surface area contributed by atoms with Crippen molar-refractivity contribution in [2.45, 2.75) is 38.5 Å². The van der Waals surface area contributed by atoms with E-state index in [1.54, 1.807) is 0 Å². The molecule has 2 aromatic rings. The molecule has 0 saturated heterocycles. The number of hydrogen-bond acceptors (Lipinski definition) is 2. The first-order valence-electron chi connectivity index (χ1n) is 9.69. The summed E-state index contributed by atoms with van der Waals surface area (Å²) in [5.41, 5.74) is 4.83. The SMILES string of the molecule is CC1(C)C(/C=C/Cc2ccccc2)=[N+](CCCCS(=O)(=O)O)c2ccccc21. The summed E-state index contributed by atoms with van der Waals surface area (Å²) in [6.07, 6.45) is 6.41. The Morgan fingerprint density at radius 1 is 1.00 bits per heavy atom. The van der Waals surface area contributed by atoms with Crippen LogP contribution in [0.3, 0.4) is 0 Å². The molecule has 3 rings (SSSR count). The maximum Gasteiger partial charge on any atom is 0.264 e. The molecule has 0 radical (unpaired) electrons. The number of unbranched alkanes of at least 4 members (excludes halogenated alkanes) is 1. The lowest BCUT2D eigenvalue weighted by Crippen LogP contribution is -2.28. The van der Waals surface area contributed by atoms with E-state index in [1.807, 2.05) is 24.3 Å². The van der Waals surface area contributed by atoms with Gasteiger partial charge in [-0.2, -0.15) is 13.0 Å². The minimum absolute atomic E-state index is 0.118. The molecule has 0 spiro atoms. The summed E-state index contributed by atoms with van der Waals surface area (Å²) in [5.74, 6) is -0.189. The second-order valence-electron chi connectivity index (χ2n) is 7.76. The number of para-hydroxylation sites is 1. The van der Waals surface area contributed by atoms with E-state index in [1.165, 1.54) is 22.5 Å². The van der Waals surface area contributed by atoms with Crippen LogP contribution in [0.5, 0.6) is 0 Å². The largest absolute Gasteiger partial charge is 0.286 e. The predicted octanol–water partition coefficient (Wildman–Crippen LogP) is 4.53. The number of rotatable bonds is 8. The second kappa shape index (κ2) is 8.41. The van der Waals surface area contributed by atoms with E-state index in [0.717, 1.165) is 13.0 Å². The summed E-state index contributed by atoms with van der Waals surface area (Å²) in [6.45, 7) is 5.18. The van der Waals surface area contributed by atoms with E-state index in [0.29, 0.717) is 12.8 Å². The number of nitrogens with zero attached hydrogens (tertiary/aromatic N) is 1. The highest BCUT2D eigenvalue weighted by Gasteiger charge is 2.43. The third-order valence-electron chi connectivity index (χ3n) is 5.31. The molecule has 0 unspecified atom stereocenters. The fourth-order valence-corrected chi connectivity index (χ4v) is 4.43. The number of benzene rings is 2. The summed E-state index contributed by atoms with van der Waals surface area (Å²) in [4.78, 5) is 0. The van der Waals surface area contributed by atoms with Gasteiger partial charge in [-0.3, -0.25) is 4.55 Å². The first-order valence-corrected chi connectivity index (χ1v) is 11.3. The summed E-state index contributed by atoms with van der Waals surface area (Å²) >= 11 is 0. The molecule has 4 nitrogen and oxygen atoms in total. The molecule has 28 heavy (non-hydrogen) atoms. The van der Waals surface area contributed by atoms with Crippen LogP contribution in [0, 0.1) is 0 Å². The standard InChI is InChI=1S/C23H27NO3S/c1-23(2)20-14-6-7-15-21(20)24(17-8-9-18-28(25,26)27)22(23)16-10-13-19-11-4-3-5-12-19/h3-7,10-12,14-16H,8-9,13,17-18H2,1-2H3/p+1/b16-10+. The average Bonchev–Trinajstić information content (AvgIpc) is 2.87. The topological polar surface area (TPSA) is 57.4 Å². The lowest BCUT2D eigenvalue weighted by atomic mass is 9.81. The quantitative estimate of drug-likeness (QED) is 0.404. The van der Waals surface area contributed by atoms with Crippen LogP contribution in [0.2, 0.25) is 0 Å². The van der Waals surface area contributed by atoms with E-state index in [9.17, 15) is 8.42 Å². The molecule has 148 valence electrons. The van der Waals surface area contributed by atoms with Crippen LogP contribution in [-0.4, -0.2) is 35.6 Å². The van der Waals surface area contributed by atoms with Gasteiger partial charge in [-0.1, -0.05) is 54.6 Å². The lowest BCUT2D eigenvalue weighted by Gasteiger charge is -2.15. The van der Waals surface area contributed by atoms with Crippen LogP contribution in [-0.2, 0) is 22.0 Å².